The van der Waals surface area contributed by atoms with Gasteiger partial charge in [-0.15, -0.1) is 0 Å². The second-order valence-electron chi connectivity index (χ2n) is 6.99. The molecule has 0 saturated carbocycles. The van der Waals surface area contributed by atoms with E-state index < -0.39 is 18.1 Å². The molecule has 2 aromatic rings. The van der Waals surface area contributed by atoms with Gasteiger partial charge in [-0.1, -0.05) is 12.1 Å². The Bertz CT molecular complexity index is 1130. The van der Waals surface area contributed by atoms with E-state index in [9.17, 15) is 27.6 Å². The van der Waals surface area contributed by atoms with E-state index in [4.69, 9.17) is 26.2 Å². The van der Waals surface area contributed by atoms with Gasteiger partial charge in [0.25, 0.3) is 11.8 Å². The quantitative estimate of drug-likeness (QED) is 0.321. The second-order valence-corrected chi connectivity index (χ2v) is 6.99. The molecule has 0 spiro atoms. The molecular formula is C21H19F3N4O6. The third kappa shape index (κ3) is 6.79. The van der Waals surface area contributed by atoms with Crippen LogP contribution < -0.4 is 11.1 Å². The number of carbonyl (C=O) groups excluding carboxylic acids is 2. The Morgan fingerprint density at radius 3 is 2.12 bits per heavy atom. The number of amides is 2. The molecule has 0 aliphatic carbocycles. The van der Waals surface area contributed by atoms with Gasteiger partial charge in [-0.05, 0) is 42.3 Å². The number of alkyl halides is 3. The third-order valence-electron chi connectivity index (χ3n) is 4.56. The minimum absolute atomic E-state index is 0.0711. The largest absolute Gasteiger partial charge is 0.490 e. The zero-order valence-electron chi connectivity index (χ0n) is 17.3. The monoisotopic (exact) mass is 480 g/mol. The van der Waals surface area contributed by atoms with Crippen molar-refractivity contribution < 1.29 is 42.6 Å². The number of amidine groups is 1. The molecule has 0 aromatic heterocycles. The Hall–Kier alpha value is -4.42. The van der Waals surface area contributed by atoms with Crippen LogP contribution in [-0.4, -0.2) is 64.0 Å². The van der Waals surface area contributed by atoms with E-state index in [1.165, 1.54) is 4.90 Å². The number of carboxylic acids is 2. The number of hydrogen-bond donors (Lipinski definition) is 5. The van der Waals surface area contributed by atoms with Crippen LogP contribution in [0.25, 0.3) is 0 Å². The summed E-state index contributed by atoms with van der Waals surface area (Å²) in [5.74, 6) is -4.52. The van der Waals surface area contributed by atoms with Crippen LogP contribution >= 0.6 is 0 Å². The standard InChI is InChI=1S/C19H18N4O4.C2HF3O2/c20-17(21)11-1-3-12(4-2-11)18(26)22-14-5-6-15-13(9-14)7-8-23(19(15)27)10-16(24)25;3-2(4,5)1(6)7/h1-6,9H,7-8,10H2,(H3,20,21)(H,22,26)(H,24,25);(H,6,7). The molecule has 1 heterocycles. The number of anilines is 1. The summed E-state index contributed by atoms with van der Waals surface area (Å²) in [6, 6.07) is 11.3. The molecule has 0 saturated heterocycles. The van der Waals surface area contributed by atoms with E-state index in [0.29, 0.717) is 35.3 Å². The van der Waals surface area contributed by atoms with Gasteiger partial charge in [-0.3, -0.25) is 19.8 Å². The van der Waals surface area contributed by atoms with Crippen molar-refractivity contribution >= 4 is 35.3 Å². The van der Waals surface area contributed by atoms with Crippen LogP contribution in [0.15, 0.2) is 42.5 Å². The summed E-state index contributed by atoms with van der Waals surface area (Å²) in [7, 11) is 0. The van der Waals surface area contributed by atoms with Gasteiger partial charge < -0.3 is 26.2 Å². The average molecular weight is 480 g/mol. The van der Waals surface area contributed by atoms with Crippen molar-refractivity contribution in [2.75, 3.05) is 18.4 Å². The molecule has 34 heavy (non-hydrogen) atoms. The molecule has 0 unspecified atom stereocenters. The van der Waals surface area contributed by atoms with Crippen molar-refractivity contribution in [3.8, 4) is 0 Å². The molecule has 180 valence electrons. The summed E-state index contributed by atoms with van der Waals surface area (Å²) in [6.07, 6.45) is -4.56. The molecule has 2 aromatic carbocycles. The van der Waals surface area contributed by atoms with Crippen molar-refractivity contribution in [3.63, 3.8) is 0 Å². The Morgan fingerprint density at radius 2 is 1.62 bits per heavy atom. The first-order valence-electron chi connectivity index (χ1n) is 9.49. The van der Waals surface area contributed by atoms with Gasteiger partial charge in [0, 0.05) is 28.9 Å². The second kappa shape index (κ2) is 10.5. The number of nitrogens with two attached hydrogens (primary N) is 1. The first kappa shape index (κ1) is 25.8. The number of nitrogen functional groups attached to an aromatic ring is 1. The highest BCUT2D eigenvalue weighted by molar-refractivity contribution is 6.06. The predicted molar refractivity (Wildman–Crippen MR) is 113 cm³/mol. The first-order chi connectivity index (χ1) is 15.8. The number of carbonyl (C=O) groups is 4. The molecule has 6 N–H and O–H groups in total. The normalized spacial score (nSPS) is 12.7. The Labute approximate surface area is 190 Å². The highest BCUT2D eigenvalue weighted by Crippen LogP contribution is 2.23. The molecular weight excluding hydrogens is 461 g/mol. The van der Waals surface area contributed by atoms with E-state index in [1.54, 1.807) is 42.5 Å². The molecule has 1 aliphatic heterocycles. The number of hydrogen-bond acceptors (Lipinski definition) is 5. The Kier molecular flexibility index (Phi) is 7.95. The highest BCUT2D eigenvalue weighted by Gasteiger charge is 2.38. The molecule has 1 aliphatic rings. The van der Waals surface area contributed by atoms with E-state index in [1.807, 2.05) is 0 Å². The molecule has 0 bridgehead atoms. The van der Waals surface area contributed by atoms with Gasteiger partial charge in [0.15, 0.2) is 0 Å². The fraction of sp³-hybridized carbons (Fsp3) is 0.190. The van der Waals surface area contributed by atoms with Gasteiger partial charge in [-0.25, -0.2) is 4.79 Å². The maximum atomic E-state index is 12.4. The summed E-state index contributed by atoms with van der Waals surface area (Å²) in [6.45, 7) is -0.00490. The lowest BCUT2D eigenvalue weighted by molar-refractivity contribution is -0.192. The lowest BCUT2D eigenvalue weighted by Gasteiger charge is -2.27. The zero-order valence-corrected chi connectivity index (χ0v) is 17.3. The fourth-order valence-corrected chi connectivity index (χ4v) is 2.93. The molecule has 0 atom stereocenters. The van der Waals surface area contributed by atoms with Crippen LogP contribution in [0.5, 0.6) is 0 Å². The smallest absolute Gasteiger partial charge is 0.480 e. The van der Waals surface area contributed by atoms with Crippen LogP contribution in [0, 0.1) is 5.41 Å². The number of carboxylic acid groups (broad SMARTS) is 2. The van der Waals surface area contributed by atoms with Crippen LogP contribution in [0.1, 0.15) is 31.8 Å². The first-order valence-corrected chi connectivity index (χ1v) is 9.49. The van der Waals surface area contributed by atoms with E-state index in [2.05, 4.69) is 5.32 Å². The van der Waals surface area contributed by atoms with Crippen molar-refractivity contribution in [2.45, 2.75) is 12.6 Å². The molecule has 2 amide bonds. The summed E-state index contributed by atoms with van der Waals surface area (Å²) in [5, 5.41) is 26.1. The summed E-state index contributed by atoms with van der Waals surface area (Å²) in [4.78, 5) is 45.7. The van der Waals surface area contributed by atoms with Gasteiger partial charge in [-0.2, -0.15) is 13.2 Å². The van der Waals surface area contributed by atoms with Gasteiger partial charge in [0.2, 0.25) is 0 Å². The average Bonchev–Trinajstić information content (AvgIpc) is 2.75. The number of fused-ring (bicyclic) bond motifs is 1. The van der Waals surface area contributed by atoms with Gasteiger partial charge >= 0.3 is 18.1 Å². The number of nitrogens with zero attached hydrogens (tertiary/aromatic N) is 1. The topological polar surface area (TPSA) is 174 Å². The maximum absolute atomic E-state index is 12.4. The SMILES string of the molecule is N=C(N)c1ccc(C(=O)Nc2ccc3c(c2)CCN(CC(=O)O)C3=O)cc1.O=C(O)C(F)(F)F. The lowest BCUT2D eigenvalue weighted by atomic mass is 9.98. The fourth-order valence-electron chi connectivity index (χ4n) is 2.93. The zero-order chi connectivity index (χ0) is 25.6. The van der Waals surface area contributed by atoms with E-state index in [0.717, 1.165) is 5.56 Å². The van der Waals surface area contributed by atoms with Crippen molar-refractivity contribution in [1.29, 1.82) is 5.41 Å². The summed E-state index contributed by atoms with van der Waals surface area (Å²) < 4.78 is 31.7. The van der Waals surface area contributed by atoms with Crippen molar-refractivity contribution in [1.82, 2.24) is 4.90 Å². The Morgan fingerprint density at radius 1 is 1.06 bits per heavy atom. The third-order valence-corrected chi connectivity index (χ3v) is 4.56. The predicted octanol–water partition coefficient (Wildman–Crippen LogP) is 1.94. The number of nitrogens with one attached hydrogen (secondary N) is 2. The van der Waals surface area contributed by atoms with E-state index >= 15 is 0 Å². The molecule has 0 fully saturated rings. The van der Waals surface area contributed by atoms with E-state index in [-0.39, 0.29) is 24.2 Å². The number of halogens is 3. The minimum atomic E-state index is -5.08. The van der Waals surface area contributed by atoms with Gasteiger partial charge in [0.1, 0.15) is 12.4 Å². The summed E-state index contributed by atoms with van der Waals surface area (Å²) in [5.41, 5.74) is 8.12. The molecule has 10 nitrogen and oxygen atoms in total. The lowest BCUT2D eigenvalue weighted by Crippen LogP contribution is -2.40. The number of rotatable bonds is 5. The minimum Gasteiger partial charge on any atom is -0.480 e. The molecule has 13 heteroatoms. The van der Waals surface area contributed by atoms with Crippen molar-refractivity contribution in [3.05, 3.63) is 64.7 Å². The maximum Gasteiger partial charge on any atom is 0.490 e. The Balaban J connectivity index is 0.000000509. The summed E-state index contributed by atoms with van der Waals surface area (Å²) >= 11 is 0. The van der Waals surface area contributed by atoms with Crippen LogP contribution in [0.3, 0.4) is 0 Å². The van der Waals surface area contributed by atoms with Crippen LogP contribution in [0.2, 0.25) is 0 Å². The number of aliphatic carboxylic acids is 2. The molecule has 0 radical (unpaired) electrons. The van der Waals surface area contributed by atoms with Gasteiger partial charge in [0.05, 0.1) is 0 Å². The molecule has 3 rings (SSSR count). The number of benzene rings is 2. The van der Waals surface area contributed by atoms with Crippen LogP contribution in [-0.2, 0) is 16.0 Å². The van der Waals surface area contributed by atoms with Crippen molar-refractivity contribution in [2.24, 2.45) is 5.73 Å². The van der Waals surface area contributed by atoms with Crippen LogP contribution in [0.4, 0.5) is 18.9 Å². The highest BCUT2D eigenvalue weighted by atomic mass is 19.4.